The molecular formula is C62H64F2N10O8. The molecule has 4 heterocycles. The van der Waals surface area contributed by atoms with E-state index >= 15 is 0 Å². The minimum Gasteiger partial charge on any atom is -0.457 e. The fraction of sp³-hybridized carbons (Fsp3) is 0.290. The topological polar surface area (TPSA) is 208 Å². The molecule has 0 bridgehead atoms. The highest BCUT2D eigenvalue weighted by molar-refractivity contribution is 5.83. The molecule has 8 aromatic rings. The Morgan fingerprint density at radius 2 is 0.902 bits per heavy atom. The Morgan fingerprint density at radius 1 is 0.524 bits per heavy atom. The summed E-state index contributed by atoms with van der Waals surface area (Å²) in [6.07, 6.45) is 4.85. The van der Waals surface area contributed by atoms with Gasteiger partial charge in [0.15, 0.2) is 0 Å². The molecule has 2 saturated heterocycles. The van der Waals surface area contributed by atoms with E-state index in [2.05, 4.69) is 24.8 Å². The fourth-order valence-electron chi connectivity index (χ4n) is 8.46. The smallest absolute Gasteiger partial charge is 0.410 e. The van der Waals surface area contributed by atoms with Gasteiger partial charge in [-0.2, -0.15) is 4.99 Å². The first kappa shape index (κ1) is 58.6. The summed E-state index contributed by atoms with van der Waals surface area (Å²) in [5, 5.41) is 0. The van der Waals surface area contributed by atoms with Crippen LogP contribution in [-0.2, 0) is 31.9 Å². The lowest BCUT2D eigenvalue weighted by atomic mass is 10.0. The Kier molecular flexibility index (Phi) is 19.0. The minimum absolute atomic E-state index is 0.0560. The number of carbonyl (C=O) groups excluding carboxylic acids is 4. The van der Waals surface area contributed by atoms with Crippen LogP contribution in [0.3, 0.4) is 0 Å². The van der Waals surface area contributed by atoms with E-state index in [9.17, 15) is 28.0 Å². The maximum absolute atomic E-state index is 13.1. The number of fused-ring (bicyclic) bond motifs is 2. The van der Waals surface area contributed by atoms with Gasteiger partial charge in [-0.05, 0) is 150 Å². The summed E-state index contributed by atoms with van der Waals surface area (Å²) < 4.78 is 48.2. The van der Waals surface area contributed by atoms with Crippen molar-refractivity contribution in [2.24, 2.45) is 4.99 Å². The maximum atomic E-state index is 13.1. The highest BCUT2D eigenvalue weighted by Gasteiger charge is 2.28. The molecule has 0 unspecified atom stereocenters. The van der Waals surface area contributed by atoms with Crippen molar-refractivity contribution >= 4 is 69.1 Å². The van der Waals surface area contributed by atoms with E-state index in [4.69, 9.17) is 34.6 Å². The lowest BCUT2D eigenvalue weighted by Crippen LogP contribution is -2.50. The van der Waals surface area contributed by atoms with Gasteiger partial charge in [-0.3, -0.25) is 14.8 Å². The summed E-state index contributed by atoms with van der Waals surface area (Å²) in [6.45, 7) is 16.1. The molecule has 20 heteroatoms. The third-order valence-corrected chi connectivity index (χ3v) is 12.5. The molecule has 0 spiro atoms. The van der Waals surface area contributed by atoms with Gasteiger partial charge in [-0.1, -0.05) is 24.3 Å². The number of piperazine rings is 2. The van der Waals surface area contributed by atoms with Crippen LogP contribution in [0.5, 0.6) is 23.0 Å². The molecular weight excluding hydrogens is 1050 g/mol. The standard InChI is InChI=1S/C32H33FN4O4.C23H27N5O3.C7H4FNO/c1-32(2,3)41-31(39)37-16-14-36(15-17-37)30-21-34-28-13-12-27(20-29(28)35-30)40-26-10-6-23(7-11-26)19-25(38)18-22-4-8-24(33)9-5-22;1-23(2,3)31-22(29)28-12-10-27(11-13-28)21-15-25-19-9-8-18(14-20(19)26-21)30-17-6-4-16(24)5-7-17;8-6-1-3-7(4-2-6)9-5-10/h4-13,20-21H,14-19H2,1-3H3;4-9,14-15H,10-13,24H2,1-3H3;1-4H. The van der Waals surface area contributed by atoms with Gasteiger partial charge in [-0.15, -0.1) is 0 Å². The van der Waals surface area contributed by atoms with Gasteiger partial charge in [0, 0.05) is 83.0 Å². The molecule has 6 aromatic carbocycles. The molecule has 0 radical (unpaired) electrons. The van der Waals surface area contributed by atoms with Crippen LogP contribution in [0.4, 0.5) is 41.4 Å². The average Bonchev–Trinajstić information content (AvgIpc) is 3.65. The zero-order valence-corrected chi connectivity index (χ0v) is 46.6. The van der Waals surface area contributed by atoms with Crippen molar-refractivity contribution < 1.29 is 46.9 Å². The van der Waals surface area contributed by atoms with Gasteiger partial charge >= 0.3 is 12.2 Å². The average molecular weight is 1120 g/mol. The number of aromatic nitrogens is 4. The number of ketones is 1. The number of carbonyl (C=O) groups is 3. The molecule has 2 aliphatic rings. The summed E-state index contributed by atoms with van der Waals surface area (Å²) in [6, 6.07) is 37.1. The summed E-state index contributed by atoms with van der Waals surface area (Å²) in [5.74, 6) is 3.57. The number of amides is 2. The van der Waals surface area contributed by atoms with Gasteiger partial charge < -0.3 is 44.3 Å². The Hall–Kier alpha value is -9.55. The Balaban J connectivity index is 0.000000188. The van der Waals surface area contributed by atoms with Gasteiger partial charge in [-0.25, -0.2) is 33.1 Å². The van der Waals surface area contributed by atoms with Gasteiger partial charge in [0.05, 0.1) is 40.1 Å². The lowest BCUT2D eigenvalue weighted by Gasteiger charge is -2.36. The number of benzene rings is 6. The first-order chi connectivity index (χ1) is 39.2. The number of nitrogen functional groups attached to an aromatic ring is 1. The normalized spacial score (nSPS) is 13.4. The van der Waals surface area contributed by atoms with Crippen molar-refractivity contribution in [1.82, 2.24) is 29.7 Å². The Labute approximate surface area is 474 Å². The Bertz CT molecular complexity index is 3520. The number of hydrogen-bond acceptors (Lipinski definition) is 16. The predicted molar refractivity (Wildman–Crippen MR) is 310 cm³/mol. The zero-order chi connectivity index (χ0) is 58.4. The number of nitrogens with zero attached hydrogens (tertiary/aromatic N) is 9. The van der Waals surface area contributed by atoms with Crippen LogP contribution in [0.1, 0.15) is 52.7 Å². The van der Waals surface area contributed by atoms with Crippen LogP contribution >= 0.6 is 0 Å². The number of rotatable bonds is 11. The van der Waals surface area contributed by atoms with Crippen molar-refractivity contribution in [3.8, 4) is 23.0 Å². The van der Waals surface area contributed by atoms with Crippen LogP contribution < -0.4 is 25.0 Å². The van der Waals surface area contributed by atoms with Gasteiger partial charge in [0.25, 0.3) is 0 Å². The molecule has 2 aliphatic heterocycles. The fourth-order valence-corrected chi connectivity index (χ4v) is 8.46. The lowest BCUT2D eigenvalue weighted by molar-refractivity contribution is -0.117. The second-order valence-corrected chi connectivity index (χ2v) is 21.3. The molecule has 2 fully saturated rings. The van der Waals surface area contributed by atoms with Crippen LogP contribution in [-0.4, -0.2) is 117 Å². The molecule has 0 atom stereocenters. The number of isocyanates is 1. The third-order valence-electron chi connectivity index (χ3n) is 12.5. The zero-order valence-electron chi connectivity index (χ0n) is 46.6. The number of nitrogens with two attached hydrogens (primary N) is 1. The molecule has 424 valence electrons. The van der Waals surface area contributed by atoms with Crippen LogP contribution in [0, 0.1) is 11.6 Å². The maximum Gasteiger partial charge on any atom is 0.410 e. The van der Waals surface area contributed by atoms with Crippen molar-refractivity contribution in [3.63, 3.8) is 0 Å². The Morgan fingerprint density at radius 3 is 1.30 bits per heavy atom. The molecule has 2 amide bonds. The summed E-state index contributed by atoms with van der Waals surface area (Å²) in [7, 11) is 0. The van der Waals surface area contributed by atoms with E-state index in [1.807, 2.05) is 114 Å². The third kappa shape index (κ3) is 17.5. The van der Waals surface area contributed by atoms with Crippen molar-refractivity contribution in [1.29, 1.82) is 0 Å². The van der Waals surface area contributed by atoms with E-state index in [1.165, 1.54) is 42.5 Å². The van der Waals surface area contributed by atoms with Gasteiger partial charge in [0.2, 0.25) is 6.08 Å². The van der Waals surface area contributed by atoms with E-state index < -0.39 is 11.2 Å². The minimum atomic E-state index is -0.523. The summed E-state index contributed by atoms with van der Waals surface area (Å²) >= 11 is 0. The molecule has 2 N–H and O–H groups in total. The highest BCUT2D eigenvalue weighted by atomic mass is 19.1. The van der Waals surface area contributed by atoms with Crippen LogP contribution in [0.25, 0.3) is 22.1 Å². The predicted octanol–water partition coefficient (Wildman–Crippen LogP) is 11.8. The second-order valence-electron chi connectivity index (χ2n) is 21.3. The quantitative estimate of drug-likeness (QED) is 0.0726. The van der Waals surface area contributed by atoms with E-state index in [0.717, 1.165) is 39.3 Å². The van der Waals surface area contributed by atoms with Gasteiger partial charge in [0.1, 0.15) is 63.3 Å². The van der Waals surface area contributed by atoms with E-state index in [1.54, 1.807) is 46.5 Å². The van der Waals surface area contributed by atoms with Crippen molar-refractivity contribution in [2.75, 3.05) is 67.9 Å². The highest BCUT2D eigenvalue weighted by Crippen LogP contribution is 2.29. The molecule has 18 nitrogen and oxygen atoms in total. The largest absolute Gasteiger partial charge is 0.457 e. The monoisotopic (exact) mass is 1110 g/mol. The number of hydrogen-bond donors (Lipinski definition) is 1. The first-order valence-electron chi connectivity index (χ1n) is 26.6. The second kappa shape index (κ2) is 26.6. The SMILES string of the molecule is CC(C)(C)OC(=O)N1CCN(c2cnc3ccc(Oc4ccc(CC(=O)Cc5ccc(F)cc5)cc4)cc3n2)CC1.CC(C)(C)OC(=O)N1CCN(c2cnc3ccc(Oc4ccc(N)cc4)cc3n2)CC1.O=C=Nc1ccc(F)cc1. The van der Waals surface area contributed by atoms with E-state index in [-0.39, 0.29) is 42.4 Å². The summed E-state index contributed by atoms with van der Waals surface area (Å²) in [5.41, 5.74) is 10.5. The van der Waals surface area contributed by atoms with Crippen LogP contribution in [0.2, 0.25) is 0 Å². The molecule has 82 heavy (non-hydrogen) atoms. The number of halogens is 2. The number of ether oxygens (including phenoxy) is 4. The molecule has 0 aliphatic carbocycles. The van der Waals surface area contributed by atoms with Crippen LogP contribution in [0.15, 0.2) is 151 Å². The molecule has 10 rings (SSSR count). The van der Waals surface area contributed by atoms with Crippen molar-refractivity contribution in [3.05, 3.63) is 169 Å². The number of Topliss-reactive ketones (excluding diaryl/α,β-unsaturated/α-hetero) is 1. The number of anilines is 3. The molecule has 0 saturated carbocycles. The first-order valence-corrected chi connectivity index (χ1v) is 26.6. The van der Waals surface area contributed by atoms with Crippen molar-refractivity contribution in [2.45, 2.75) is 65.6 Å². The number of aliphatic imine (C=N–C) groups is 1. The molecule has 2 aromatic heterocycles. The summed E-state index contributed by atoms with van der Waals surface area (Å²) in [4.78, 5) is 76.4. The van der Waals surface area contributed by atoms with E-state index in [0.29, 0.717) is 92.2 Å².